The van der Waals surface area contributed by atoms with Crippen LogP contribution in [0.3, 0.4) is 0 Å². The fourth-order valence-corrected chi connectivity index (χ4v) is 1.91. The Bertz CT molecular complexity index is 508. The average Bonchev–Trinajstić information content (AvgIpc) is 2.96. The van der Waals surface area contributed by atoms with Crippen molar-refractivity contribution in [2.24, 2.45) is 0 Å². The molecular weight excluding hydrogens is 269 g/mol. The van der Waals surface area contributed by atoms with Crippen molar-refractivity contribution in [3.05, 3.63) is 29.8 Å². The molecule has 1 N–H and O–H groups in total. The van der Waals surface area contributed by atoms with Crippen molar-refractivity contribution in [2.45, 2.75) is 33.5 Å². The number of hydrogen-bond acceptors (Lipinski definition) is 3. The van der Waals surface area contributed by atoms with Gasteiger partial charge in [-0.25, -0.2) is 4.39 Å². The smallest absolute Gasteiger partial charge is 0.109 e. The molecule has 2 aromatic heterocycles. The van der Waals surface area contributed by atoms with Crippen LogP contribution in [0.5, 0.6) is 0 Å². The highest BCUT2D eigenvalue weighted by molar-refractivity contribution is 5.85. The van der Waals surface area contributed by atoms with Gasteiger partial charge >= 0.3 is 0 Å². The van der Waals surface area contributed by atoms with Crippen LogP contribution in [0, 0.1) is 6.92 Å². The zero-order valence-corrected chi connectivity index (χ0v) is 12.0. The van der Waals surface area contributed by atoms with Gasteiger partial charge in [0.25, 0.3) is 0 Å². The summed E-state index contributed by atoms with van der Waals surface area (Å²) in [4.78, 5) is 0. The second-order valence-electron chi connectivity index (χ2n) is 4.05. The Kier molecular flexibility index (Phi) is 5.82. The van der Waals surface area contributed by atoms with Crippen LogP contribution in [0.4, 0.5) is 10.1 Å². The number of aromatic nitrogens is 4. The zero-order valence-electron chi connectivity index (χ0n) is 11.1. The maximum atomic E-state index is 12.3. The van der Waals surface area contributed by atoms with E-state index in [9.17, 15) is 4.39 Å². The Morgan fingerprint density at radius 2 is 2.11 bits per heavy atom. The van der Waals surface area contributed by atoms with Gasteiger partial charge in [0.15, 0.2) is 0 Å². The molecule has 0 atom stereocenters. The monoisotopic (exact) mass is 287 g/mol. The SMILES string of the molecule is CCn1nccc1CNc1cnn(CCF)c1C.Cl. The molecule has 0 saturated heterocycles. The van der Waals surface area contributed by atoms with Crippen molar-refractivity contribution in [3.8, 4) is 0 Å². The van der Waals surface area contributed by atoms with Crippen molar-refractivity contribution in [1.82, 2.24) is 19.6 Å². The summed E-state index contributed by atoms with van der Waals surface area (Å²) in [6.07, 6.45) is 3.53. The summed E-state index contributed by atoms with van der Waals surface area (Å²) in [7, 11) is 0. The van der Waals surface area contributed by atoms with Gasteiger partial charge < -0.3 is 5.32 Å². The fraction of sp³-hybridized carbons (Fsp3) is 0.500. The van der Waals surface area contributed by atoms with Gasteiger partial charge in [-0.15, -0.1) is 12.4 Å². The maximum Gasteiger partial charge on any atom is 0.109 e. The summed E-state index contributed by atoms with van der Waals surface area (Å²) in [5.41, 5.74) is 3.01. The number of rotatable bonds is 6. The third kappa shape index (κ3) is 3.47. The number of nitrogens with zero attached hydrogens (tertiary/aromatic N) is 4. The fourth-order valence-electron chi connectivity index (χ4n) is 1.91. The summed E-state index contributed by atoms with van der Waals surface area (Å²) in [5.74, 6) is 0. The molecular formula is C12H19ClFN5. The topological polar surface area (TPSA) is 47.7 Å². The third-order valence-electron chi connectivity index (χ3n) is 2.96. The Morgan fingerprint density at radius 3 is 2.79 bits per heavy atom. The van der Waals surface area contributed by atoms with E-state index >= 15 is 0 Å². The molecule has 0 radical (unpaired) electrons. The lowest BCUT2D eigenvalue weighted by Gasteiger charge is -2.08. The second-order valence-corrected chi connectivity index (χ2v) is 4.05. The average molecular weight is 288 g/mol. The van der Waals surface area contributed by atoms with Crippen LogP contribution in [0.15, 0.2) is 18.5 Å². The Morgan fingerprint density at radius 1 is 1.32 bits per heavy atom. The van der Waals surface area contributed by atoms with Crippen LogP contribution < -0.4 is 5.32 Å². The van der Waals surface area contributed by atoms with E-state index in [4.69, 9.17) is 0 Å². The van der Waals surface area contributed by atoms with Gasteiger partial charge in [-0.1, -0.05) is 0 Å². The van der Waals surface area contributed by atoms with E-state index < -0.39 is 6.67 Å². The van der Waals surface area contributed by atoms with E-state index in [0.29, 0.717) is 13.1 Å². The van der Waals surface area contributed by atoms with Crippen molar-refractivity contribution >= 4 is 18.1 Å². The molecule has 2 heterocycles. The molecule has 0 aromatic carbocycles. The Labute approximate surface area is 118 Å². The first-order chi connectivity index (χ1) is 8.76. The van der Waals surface area contributed by atoms with Crippen molar-refractivity contribution in [2.75, 3.05) is 12.0 Å². The van der Waals surface area contributed by atoms with E-state index in [2.05, 4.69) is 22.4 Å². The van der Waals surface area contributed by atoms with Gasteiger partial charge in [-0.3, -0.25) is 9.36 Å². The van der Waals surface area contributed by atoms with Gasteiger partial charge in [0.05, 0.1) is 36.4 Å². The predicted octanol–water partition coefficient (Wildman–Crippen LogP) is 2.41. The van der Waals surface area contributed by atoms with Crippen molar-refractivity contribution < 1.29 is 4.39 Å². The van der Waals surface area contributed by atoms with E-state index in [-0.39, 0.29) is 12.4 Å². The lowest BCUT2D eigenvalue weighted by molar-refractivity contribution is 0.423. The van der Waals surface area contributed by atoms with Gasteiger partial charge in [-0.2, -0.15) is 10.2 Å². The first-order valence-corrected chi connectivity index (χ1v) is 6.09. The summed E-state index contributed by atoms with van der Waals surface area (Å²) in [6, 6.07) is 1.98. The number of aryl methyl sites for hydroxylation is 2. The van der Waals surface area contributed by atoms with E-state index in [1.807, 2.05) is 17.7 Å². The molecule has 2 aromatic rings. The predicted molar refractivity (Wildman–Crippen MR) is 75.4 cm³/mol. The molecule has 0 unspecified atom stereocenters. The third-order valence-corrected chi connectivity index (χ3v) is 2.96. The first-order valence-electron chi connectivity index (χ1n) is 6.09. The highest BCUT2D eigenvalue weighted by Gasteiger charge is 2.07. The number of hydrogen-bond donors (Lipinski definition) is 1. The number of nitrogens with one attached hydrogen (secondary N) is 1. The lowest BCUT2D eigenvalue weighted by Crippen LogP contribution is -2.09. The molecule has 106 valence electrons. The molecule has 0 saturated carbocycles. The lowest BCUT2D eigenvalue weighted by atomic mass is 10.3. The van der Waals surface area contributed by atoms with Crippen LogP contribution >= 0.6 is 12.4 Å². The molecule has 2 rings (SSSR count). The maximum absolute atomic E-state index is 12.3. The zero-order chi connectivity index (χ0) is 13.0. The molecule has 5 nitrogen and oxygen atoms in total. The van der Waals surface area contributed by atoms with Crippen LogP contribution in [0.25, 0.3) is 0 Å². The minimum atomic E-state index is -0.398. The molecule has 0 aliphatic carbocycles. The standard InChI is InChI=1S/C12H18FN5.ClH/c1-3-17-11(4-6-15-17)8-14-12-9-16-18(7-5-13)10(12)2;/h4,6,9,14H,3,5,7-8H2,1-2H3;1H. The van der Waals surface area contributed by atoms with Gasteiger partial charge in [0.2, 0.25) is 0 Å². The summed E-state index contributed by atoms with van der Waals surface area (Å²) >= 11 is 0. The van der Waals surface area contributed by atoms with E-state index in [1.54, 1.807) is 17.1 Å². The summed E-state index contributed by atoms with van der Waals surface area (Å²) in [6.45, 7) is 5.44. The number of anilines is 1. The molecule has 0 bridgehead atoms. The van der Waals surface area contributed by atoms with Crippen molar-refractivity contribution in [1.29, 1.82) is 0 Å². The highest BCUT2D eigenvalue weighted by Crippen LogP contribution is 2.14. The van der Waals surface area contributed by atoms with Gasteiger partial charge in [0, 0.05) is 12.7 Å². The van der Waals surface area contributed by atoms with Crippen LogP contribution in [0.1, 0.15) is 18.3 Å². The number of alkyl halides is 1. The quantitative estimate of drug-likeness (QED) is 0.887. The van der Waals surface area contributed by atoms with Crippen LogP contribution in [-0.2, 0) is 19.6 Å². The second kappa shape index (κ2) is 7.13. The largest absolute Gasteiger partial charge is 0.377 e. The Hall–Kier alpha value is -1.56. The van der Waals surface area contributed by atoms with E-state index in [1.165, 1.54) is 0 Å². The molecule has 0 amide bonds. The molecule has 0 fully saturated rings. The van der Waals surface area contributed by atoms with Crippen LogP contribution in [0.2, 0.25) is 0 Å². The molecule has 0 aliphatic rings. The molecule has 19 heavy (non-hydrogen) atoms. The summed E-state index contributed by atoms with van der Waals surface area (Å²) in [5, 5.41) is 11.7. The molecule has 7 heteroatoms. The molecule has 0 spiro atoms. The normalized spacial score (nSPS) is 10.3. The van der Waals surface area contributed by atoms with E-state index in [0.717, 1.165) is 23.6 Å². The minimum absolute atomic E-state index is 0. The summed E-state index contributed by atoms with van der Waals surface area (Å²) < 4.78 is 15.9. The minimum Gasteiger partial charge on any atom is -0.377 e. The van der Waals surface area contributed by atoms with Crippen LogP contribution in [-0.4, -0.2) is 26.2 Å². The Balaban J connectivity index is 0.00000180. The molecule has 0 aliphatic heterocycles. The van der Waals surface area contributed by atoms with Crippen molar-refractivity contribution in [3.63, 3.8) is 0 Å². The number of halogens is 2. The first kappa shape index (κ1) is 15.5. The highest BCUT2D eigenvalue weighted by atomic mass is 35.5. The van der Waals surface area contributed by atoms with Gasteiger partial charge in [-0.05, 0) is 19.9 Å². The van der Waals surface area contributed by atoms with Gasteiger partial charge in [0.1, 0.15) is 6.67 Å².